The zero-order valence-corrected chi connectivity index (χ0v) is 15.4. The van der Waals surface area contributed by atoms with Crippen LogP contribution in [0.4, 0.5) is 0 Å². The molecule has 0 spiro atoms. The van der Waals surface area contributed by atoms with Gasteiger partial charge in [-0.3, -0.25) is 4.98 Å². The van der Waals surface area contributed by atoms with Gasteiger partial charge in [0.05, 0.1) is 19.1 Å². The number of rotatable bonds is 6. The SMILES string of the molecule is CC.CC.COCC(COc1ccc(C)cc1)c1ccccn1. The van der Waals surface area contributed by atoms with Gasteiger partial charge in [0.25, 0.3) is 0 Å². The summed E-state index contributed by atoms with van der Waals surface area (Å²) in [5.74, 6) is 1.02. The second-order valence-electron chi connectivity index (χ2n) is 4.53. The van der Waals surface area contributed by atoms with Crippen LogP contribution in [0, 0.1) is 6.92 Å². The highest BCUT2D eigenvalue weighted by Crippen LogP contribution is 2.17. The van der Waals surface area contributed by atoms with Crippen molar-refractivity contribution >= 4 is 0 Å². The first-order valence-corrected chi connectivity index (χ1v) is 8.39. The molecule has 1 heterocycles. The molecule has 1 unspecified atom stereocenters. The number of hydrogen-bond donors (Lipinski definition) is 0. The molecule has 0 fully saturated rings. The van der Waals surface area contributed by atoms with E-state index in [0.717, 1.165) is 11.4 Å². The van der Waals surface area contributed by atoms with Gasteiger partial charge in [-0.05, 0) is 31.2 Å². The Labute approximate surface area is 141 Å². The molecule has 0 aliphatic heterocycles. The summed E-state index contributed by atoms with van der Waals surface area (Å²) in [5.41, 5.74) is 2.22. The lowest BCUT2D eigenvalue weighted by Gasteiger charge is -2.16. The van der Waals surface area contributed by atoms with Crippen LogP contribution in [0.5, 0.6) is 5.75 Å². The third kappa shape index (κ3) is 8.36. The summed E-state index contributed by atoms with van der Waals surface area (Å²) in [4.78, 5) is 4.36. The van der Waals surface area contributed by atoms with Gasteiger partial charge in [0.15, 0.2) is 0 Å². The maximum absolute atomic E-state index is 5.81. The fraction of sp³-hybridized carbons (Fsp3) is 0.450. The summed E-state index contributed by atoms with van der Waals surface area (Å²) in [6.07, 6.45) is 1.80. The first-order valence-electron chi connectivity index (χ1n) is 8.39. The fourth-order valence-electron chi connectivity index (χ4n) is 1.87. The van der Waals surface area contributed by atoms with Gasteiger partial charge < -0.3 is 9.47 Å². The van der Waals surface area contributed by atoms with E-state index >= 15 is 0 Å². The molecule has 128 valence electrons. The molecule has 0 saturated heterocycles. The highest BCUT2D eigenvalue weighted by Gasteiger charge is 2.13. The molecule has 1 aromatic heterocycles. The van der Waals surface area contributed by atoms with Crippen molar-refractivity contribution < 1.29 is 9.47 Å². The Hall–Kier alpha value is -1.87. The molecule has 0 bridgehead atoms. The third-order valence-corrected chi connectivity index (χ3v) is 2.95. The molecule has 23 heavy (non-hydrogen) atoms. The van der Waals surface area contributed by atoms with Gasteiger partial charge in [-0.1, -0.05) is 51.5 Å². The van der Waals surface area contributed by atoms with E-state index < -0.39 is 0 Å². The van der Waals surface area contributed by atoms with Crippen LogP contribution in [-0.4, -0.2) is 25.3 Å². The van der Waals surface area contributed by atoms with Crippen molar-refractivity contribution in [3.05, 3.63) is 59.9 Å². The zero-order chi connectivity index (χ0) is 17.5. The second kappa shape index (κ2) is 13.8. The number of aromatic nitrogens is 1. The van der Waals surface area contributed by atoms with Crippen molar-refractivity contribution in [2.75, 3.05) is 20.3 Å². The Morgan fingerprint density at radius 3 is 2.09 bits per heavy atom. The maximum Gasteiger partial charge on any atom is 0.119 e. The van der Waals surface area contributed by atoms with E-state index in [4.69, 9.17) is 9.47 Å². The standard InChI is InChI=1S/C16H19NO2.2C2H6/c1-13-6-8-15(9-7-13)19-12-14(11-18-2)16-5-3-4-10-17-16;2*1-2/h3-10,14H,11-12H2,1-2H3;2*1-2H3. The molecule has 0 amide bonds. The van der Waals surface area contributed by atoms with E-state index in [1.807, 2.05) is 70.2 Å². The normalized spacial score (nSPS) is 10.5. The van der Waals surface area contributed by atoms with Crippen molar-refractivity contribution in [2.45, 2.75) is 40.5 Å². The van der Waals surface area contributed by atoms with Crippen LogP contribution in [0.15, 0.2) is 48.7 Å². The predicted molar refractivity (Wildman–Crippen MR) is 98.2 cm³/mol. The summed E-state index contributed by atoms with van der Waals surface area (Å²) in [7, 11) is 1.70. The van der Waals surface area contributed by atoms with E-state index in [2.05, 4.69) is 11.9 Å². The molecule has 1 aromatic carbocycles. The monoisotopic (exact) mass is 317 g/mol. The number of methoxy groups -OCH3 is 1. The summed E-state index contributed by atoms with van der Waals surface area (Å²) < 4.78 is 11.1. The Balaban J connectivity index is 0.00000112. The molecule has 0 radical (unpaired) electrons. The molecular formula is C20H31NO2. The molecule has 2 aromatic rings. The van der Waals surface area contributed by atoms with Gasteiger partial charge in [0.1, 0.15) is 5.75 Å². The smallest absolute Gasteiger partial charge is 0.119 e. The Bertz CT molecular complexity index is 483. The number of aryl methyl sites for hydroxylation is 1. The molecule has 3 nitrogen and oxygen atoms in total. The minimum Gasteiger partial charge on any atom is -0.493 e. The van der Waals surface area contributed by atoms with E-state index in [-0.39, 0.29) is 5.92 Å². The third-order valence-electron chi connectivity index (χ3n) is 2.95. The van der Waals surface area contributed by atoms with E-state index in [1.54, 1.807) is 13.3 Å². The van der Waals surface area contributed by atoms with Crippen LogP contribution < -0.4 is 4.74 Å². The first kappa shape index (κ1) is 21.1. The van der Waals surface area contributed by atoms with E-state index in [0.29, 0.717) is 13.2 Å². The summed E-state index contributed by atoms with van der Waals surface area (Å²) >= 11 is 0. The van der Waals surface area contributed by atoms with Crippen LogP contribution in [0.1, 0.15) is 44.9 Å². The van der Waals surface area contributed by atoms with E-state index in [1.165, 1.54) is 5.56 Å². The minimum absolute atomic E-state index is 0.146. The lowest BCUT2D eigenvalue weighted by Crippen LogP contribution is -2.16. The molecule has 1 atom stereocenters. The van der Waals surface area contributed by atoms with Crippen LogP contribution >= 0.6 is 0 Å². The molecule has 0 aliphatic carbocycles. The van der Waals surface area contributed by atoms with Crippen molar-refractivity contribution in [1.29, 1.82) is 0 Å². The van der Waals surface area contributed by atoms with Gasteiger partial charge >= 0.3 is 0 Å². The lowest BCUT2D eigenvalue weighted by molar-refractivity contribution is 0.149. The van der Waals surface area contributed by atoms with Crippen molar-refractivity contribution in [2.24, 2.45) is 0 Å². The van der Waals surface area contributed by atoms with Gasteiger partial charge in [0, 0.05) is 19.0 Å². The quantitative estimate of drug-likeness (QED) is 0.729. The average molecular weight is 317 g/mol. The Kier molecular flexibility index (Phi) is 12.7. The maximum atomic E-state index is 5.81. The Morgan fingerprint density at radius 1 is 0.913 bits per heavy atom. The zero-order valence-electron chi connectivity index (χ0n) is 15.4. The van der Waals surface area contributed by atoms with Crippen molar-refractivity contribution in [3.63, 3.8) is 0 Å². The number of nitrogens with zero attached hydrogens (tertiary/aromatic N) is 1. The highest BCUT2D eigenvalue weighted by atomic mass is 16.5. The summed E-state index contributed by atoms with van der Waals surface area (Å²) in [5, 5.41) is 0. The van der Waals surface area contributed by atoms with E-state index in [9.17, 15) is 0 Å². The molecule has 2 rings (SSSR count). The average Bonchev–Trinajstić information content (AvgIpc) is 2.64. The molecule has 3 heteroatoms. The first-order chi connectivity index (χ1) is 11.3. The number of pyridine rings is 1. The van der Waals surface area contributed by atoms with Crippen LogP contribution in [0.2, 0.25) is 0 Å². The second-order valence-corrected chi connectivity index (χ2v) is 4.53. The number of hydrogen-bond acceptors (Lipinski definition) is 3. The molecule has 0 saturated carbocycles. The van der Waals surface area contributed by atoms with Crippen LogP contribution in [0.3, 0.4) is 0 Å². The van der Waals surface area contributed by atoms with Gasteiger partial charge in [-0.2, -0.15) is 0 Å². The van der Waals surface area contributed by atoms with Gasteiger partial charge in [-0.15, -0.1) is 0 Å². The Morgan fingerprint density at radius 2 is 1.57 bits per heavy atom. The fourth-order valence-corrected chi connectivity index (χ4v) is 1.87. The van der Waals surface area contributed by atoms with Gasteiger partial charge in [-0.25, -0.2) is 0 Å². The van der Waals surface area contributed by atoms with Crippen LogP contribution in [0.25, 0.3) is 0 Å². The van der Waals surface area contributed by atoms with Crippen molar-refractivity contribution in [3.8, 4) is 5.75 Å². The molecule has 0 N–H and O–H groups in total. The number of benzene rings is 1. The lowest BCUT2D eigenvalue weighted by atomic mass is 10.1. The topological polar surface area (TPSA) is 31.4 Å². The largest absolute Gasteiger partial charge is 0.493 e. The van der Waals surface area contributed by atoms with Gasteiger partial charge in [0.2, 0.25) is 0 Å². The minimum atomic E-state index is 0.146. The molecule has 0 aliphatic rings. The van der Waals surface area contributed by atoms with Crippen LogP contribution in [-0.2, 0) is 4.74 Å². The number of ether oxygens (including phenoxy) is 2. The highest BCUT2D eigenvalue weighted by molar-refractivity contribution is 5.26. The molecular weight excluding hydrogens is 286 g/mol. The summed E-state index contributed by atoms with van der Waals surface area (Å²) in [6, 6.07) is 13.9. The summed E-state index contributed by atoms with van der Waals surface area (Å²) in [6.45, 7) is 11.2. The predicted octanol–water partition coefficient (Wildman–Crippen LogP) is 5.25. The van der Waals surface area contributed by atoms with Crippen molar-refractivity contribution in [1.82, 2.24) is 4.98 Å².